The fraction of sp³-hybridized carbons (Fsp3) is 0.471. The number of carbonyl (C=O) groups is 1. The topological polar surface area (TPSA) is 49.8 Å². The predicted octanol–water partition coefficient (Wildman–Crippen LogP) is 3.99. The normalized spacial score (nSPS) is 25.6. The third-order valence-electron chi connectivity index (χ3n) is 4.57. The van der Waals surface area contributed by atoms with Gasteiger partial charge in [0.2, 0.25) is 0 Å². The Kier molecular flexibility index (Phi) is 3.97. The molecule has 0 unspecified atom stereocenters. The van der Waals surface area contributed by atoms with Crippen molar-refractivity contribution in [1.29, 1.82) is 0 Å². The lowest BCUT2D eigenvalue weighted by Crippen LogP contribution is -2.46. The molecule has 0 spiro atoms. The lowest BCUT2D eigenvalue weighted by atomic mass is 9.95. The van der Waals surface area contributed by atoms with Crippen LogP contribution in [0.15, 0.2) is 36.4 Å². The Hall–Kier alpha value is -1.08. The lowest BCUT2D eigenvalue weighted by molar-refractivity contribution is -0.0409. The monoisotopic (exact) mass is 413 g/mol. The van der Waals surface area contributed by atoms with Crippen molar-refractivity contribution >= 4 is 28.7 Å². The van der Waals surface area contributed by atoms with Crippen LogP contribution in [-0.4, -0.2) is 34.5 Å². The van der Waals surface area contributed by atoms with E-state index in [4.69, 9.17) is 4.74 Å². The van der Waals surface area contributed by atoms with Crippen LogP contribution in [0.1, 0.15) is 32.3 Å². The molecule has 1 atom stereocenters. The van der Waals surface area contributed by atoms with Gasteiger partial charge in [-0.2, -0.15) is 0 Å². The Morgan fingerprint density at radius 3 is 2.55 bits per heavy atom. The largest absolute Gasteiger partial charge is 0.465 e. The van der Waals surface area contributed by atoms with Gasteiger partial charge in [0.1, 0.15) is 5.72 Å². The third kappa shape index (κ3) is 2.88. The Labute approximate surface area is 144 Å². The minimum atomic E-state index is -0.934. The molecule has 1 aliphatic carbocycles. The van der Waals surface area contributed by atoms with Crippen LogP contribution < -0.4 is 0 Å². The highest BCUT2D eigenvalue weighted by Gasteiger charge is 2.45. The summed E-state index contributed by atoms with van der Waals surface area (Å²) >= 11 is 2.30. The fourth-order valence-electron chi connectivity index (χ4n) is 3.11. The number of nitrogens with zero attached hydrogens (tertiary/aromatic N) is 1. The van der Waals surface area contributed by atoms with Gasteiger partial charge in [0.25, 0.3) is 0 Å². The van der Waals surface area contributed by atoms with E-state index < -0.39 is 11.8 Å². The standard InChI is InChI=1S/C17H20INO3/c1-16(2)19(15(20)21)14(11-22-16)7-8-17(9-10-17)12-3-5-13(18)6-4-12/h3-8,14H,9-11H2,1-2H3,(H,20,21)/b8-7-/t14-/m0/s1. The van der Waals surface area contributed by atoms with Crippen LogP contribution in [0.25, 0.3) is 0 Å². The van der Waals surface area contributed by atoms with Crippen LogP contribution >= 0.6 is 22.6 Å². The fourth-order valence-corrected chi connectivity index (χ4v) is 3.47. The quantitative estimate of drug-likeness (QED) is 0.602. The van der Waals surface area contributed by atoms with Gasteiger partial charge in [0.15, 0.2) is 0 Å². The number of allylic oxidation sites excluding steroid dienone is 1. The molecular formula is C17H20INO3. The zero-order valence-electron chi connectivity index (χ0n) is 12.8. The van der Waals surface area contributed by atoms with Crippen molar-refractivity contribution in [3.05, 3.63) is 45.6 Å². The molecule has 5 heteroatoms. The average Bonchev–Trinajstić information content (AvgIpc) is 3.16. The average molecular weight is 413 g/mol. The lowest BCUT2D eigenvalue weighted by Gasteiger charge is -2.30. The number of hydrogen-bond acceptors (Lipinski definition) is 2. The van der Waals surface area contributed by atoms with E-state index in [-0.39, 0.29) is 11.5 Å². The van der Waals surface area contributed by atoms with Crippen molar-refractivity contribution in [2.24, 2.45) is 0 Å². The van der Waals surface area contributed by atoms with Gasteiger partial charge < -0.3 is 9.84 Å². The molecule has 1 heterocycles. The molecular weight excluding hydrogens is 393 g/mol. The van der Waals surface area contributed by atoms with Crippen LogP contribution in [0.2, 0.25) is 0 Å². The Morgan fingerprint density at radius 1 is 1.36 bits per heavy atom. The molecule has 1 amide bonds. The minimum absolute atomic E-state index is 0.0846. The number of carboxylic acid groups (broad SMARTS) is 1. The van der Waals surface area contributed by atoms with Crippen molar-refractivity contribution in [3.8, 4) is 0 Å². The summed E-state index contributed by atoms with van der Waals surface area (Å²) in [7, 11) is 0. The summed E-state index contributed by atoms with van der Waals surface area (Å²) < 4.78 is 6.85. The maximum Gasteiger partial charge on any atom is 0.410 e. The second kappa shape index (κ2) is 5.53. The summed E-state index contributed by atoms with van der Waals surface area (Å²) in [6, 6.07) is 8.37. The highest BCUT2D eigenvalue weighted by Crippen LogP contribution is 2.49. The van der Waals surface area contributed by atoms with Gasteiger partial charge in [-0.3, -0.25) is 4.90 Å². The first kappa shape index (κ1) is 15.8. The second-order valence-electron chi connectivity index (χ2n) is 6.50. The maximum absolute atomic E-state index is 11.5. The highest BCUT2D eigenvalue weighted by molar-refractivity contribution is 14.1. The summed E-state index contributed by atoms with van der Waals surface area (Å²) in [5, 5.41) is 9.42. The first-order valence-electron chi connectivity index (χ1n) is 7.46. The van der Waals surface area contributed by atoms with Gasteiger partial charge in [-0.15, -0.1) is 0 Å². The SMILES string of the molecule is CC1(C)OC[C@H](/C=C\C2(c3ccc(I)cc3)CC2)N1C(=O)O. The van der Waals surface area contributed by atoms with Crippen LogP contribution in [0.4, 0.5) is 4.79 Å². The number of ether oxygens (including phenoxy) is 1. The number of rotatable bonds is 3. The molecule has 2 aliphatic rings. The van der Waals surface area contributed by atoms with E-state index in [1.165, 1.54) is 14.0 Å². The van der Waals surface area contributed by atoms with E-state index in [1.54, 1.807) is 13.8 Å². The van der Waals surface area contributed by atoms with Crippen molar-refractivity contribution in [1.82, 2.24) is 4.90 Å². The number of halogens is 1. The molecule has 1 aromatic rings. The molecule has 2 fully saturated rings. The molecule has 1 aromatic carbocycles. The molecule has 1 N–H and O–H groups in total. The molecule has 1 saturated carbocycles. The van der Waals surface area contributed by atoms with E-state index in [9.17, 15) is 9.90 Å². The van der Waals surface area contributed by atoms with E-state index >= 15 is 0 Å². The third-order valence-corrected chi connectivity index (χ3v) is 5.29. The Balaban J connectivity index is 1.79. The van der Waals surface area contributed by atoms with Crippen LogP contribution in [0.5, 0.6) is 0 Å². The zero-order valence-corrected chi connectivity index (χ0v) is 14.9. The summed E-state index contributed by atoms with van der Waals surface area (Å²) in [6.45, 7) is 4.00. The van der Waals surface area contributed by atoms with Crippen molar-refractivity contribution in [3.63, 3.8) is 0 Å². The van der Waals surface area contributed by atoms with Crippen LogP contribution in [-0.2, 0) is 10.2 Å². The summed E-state index contributed by atoms with van der Waals surface area (Å²) in [4.78, 5) is 12.9. The second-order valence-corrected chi connectivity index (χ2v) is 7.75. The molecule has 1 aliphatic heterocycles. The van der Waals surface area contributed by atoms with Crippen LogP contribution in [0.3, 0.4) is 0 Å². The summed E-state index contributed by atoms with van der Waals surface area (Å²) in [5.74, 6) is 0. The predicted molar refractivity (Wildman–Crippen MR) is 92.9 cm³/mol. The van der Waals surface area contributed by atoms with Gasteiger partial charge >= 0.3 is 6.09 Å². The van der Waals surface area contributed by atoms with Crippen LogP contribution in [0, 0.1) is 3.57 Å². The summed E-state index contributed by atoms with van der Waals surface area (Å²) in [6.07, 6.45) is 5.49. The molecule has 118 valence electrons. The molecule has 0 radical (unpaired) electrons. The Morgan fingerprint density at radius 2 is 2.00 bits per heavy atom. The number of amides is 1. The van der Waals surface area contributed by atoms with Crippen molar-refractivity contribution < 1.29 is 14.6 Å². The summed E-state index contributed by atoms with van der Waals surface area (Å²) in [5.41, 5.74) is 0.631. The zero-order chi connectivity index (χ0) is 16.0. The number of hydrogen-bond donors (Lipinski definition) is 1. The molecule has 22 heavy (non-hydrogen) atoms. The van der Waals surface area contributed by atoms with E-state index in [0.29, 0.717) is 6.61 Å². The van der Waals surface area contributed by atoms with Crippen molar-refractivity contribution in [2.45, 2.75) is 43.9 Å². The Bertz CT molecular complexity index is 605. The maximum atomic E-state index is 11.5. The minimum Gasteiger partial charge on any atom is -0.465 e. The van der Waals surface area contributed by atoms with Gasteiger partial charge in [-0.05, 0) is 67.0 Å². The van der Waals surface area contributed by atoms with Gasteiger partial charge in [-0.25, -0.2) is 4.79 Å². The van der Waals surface area contributed by atoms with Gasteiger partial charge in [0.05, 0.1) is 12.6 Å². The van der Waals surface area contributed by atoms with E-state index in [2.05, 4.69) is 52.9 Å². The van der Waals surface area contributed by atoms with E-state index in [0.717, 1.165) is 12.8 Å². The van der Waals surface area contributed by atoms with Gasteiger partial charge in [0, 0.05) is 8.99 Å². The first-order valence-corrected chi connectivity index (χ1v) is 8.54. The smallest absolute Gasteiger partial charge is 0.410 e. The molecule has 0 bridgehead atoms. The number of benzene rings is 1. The molecule has 4 nitrogen and oxygen atoms in total. The molecule has 0 aromatic heterocycles. The van der Waals surface area contributed by atoms with Gasteiger partial charge in [-0.1, -0.05) is 24.3 Å². The van der Waals surface area contributed by atoms with Crippen molar-refractivity contribution in [2.75, 3.05) is 6.61 Å². The highest BCUT2D eigenvalue weighted by atomic mass is 127. The first-order chi connectivity index (χ1) is 10.3. The molecule has 1 saturated heterocycles. The molecule has 3 rings (SSSR count). The van der Waals surface area contributed by atoms with E-state index in [1.807, 2.05) is 6.08 Å².